The summed E-state index contributed by atoms with van der Waals surface area (Å²) in [5.74, 6) is 1.82. The minimum atomic E-state index is 0.590. The molecule has 14 rings (SSSR count). The second-order valence-corrected chi connectivity index (χ2v) is 17.2. The summed E-state index contributed by atoms with van der Waals surface area (Å²) < 4.78 is 9.00. The number of nitrogens with zero attached hydrogens (tertiary/aromatic N) is 4. The summed E-state index contributed by atoms with van der Waals surface area (Å²) in [4.78, 5) is 15.8. The van der Waals surface area contributed by atoms with Crippen molar-refractivity contribution in [1.82, 2.24) is 19.5 Å². The molecule has 3 aromatic heterocycles. The molecule has 66 heavy (non-hydrogen) atoms. The lowest BCUT2D eigenvalue weighted by atomic mass is 9.95. The van der Waals surface area contributed by atoms with E-state index in [0.717, 1.165) is 88.0 Å². The van der Waals surface area contributed by atoms with Gasteiger partial charge in [0, 0.05) is 43.8 Å². The van der Waals surface area contributed by atoms with Crippen molar-refractivity contribution in [3.63, 3.8) is 0 Å². The lowest BCUT2D eigenvalue weighted by molar-refractivity contribution is 0.669. The van der Waals surface area contributed by atoms with Crippen LogP contribution in [0.25, 0.3) is 138 Å². The van der Waals surface area contributed by atoms with Crippen LogP contribution in [-0.2, 0) is 0 Å². The number of hydrogen-bond acceptors (Lipinski definition) is 4. The van der Waals surface area contributed by atoms with Crippen LogP contribution >= 0.6 is 0 Å². The Bertz CT molecular complexity index is 4210. The molecule has 14 aromatic rings. The second-order valence-electron chi connectivity index (χ2n) is 17.2. The molecule has 0 saturated carbocycles. The summed E-state index contributed by atoms with van der Waals surface area (Å²) >= 11 is 0. The molecule has 0 aliphatic carbocycles. The quantitative estimate of drug-likeness (QED) is 0.173. The number of benzene rings is 11. The first-order chi connectivity index (χ1) is 32.7. The fourth-order valence-corrected chi connectivity index (χ4v) is 10.2. The lowest BCUT2D eigenvalue weighted by Gasteiger charge is -2.17. The summed E-state index contributed by atoms with van der Waals surface area (Å²) in [6.07, 6.45) is 0. The van der Waals surface area contributed by atoms with Crippen molar-refractivity contribution < 1.29 is 4.42 Å². The van der Waals surface area contributed by atoms with Crippen LogP contribution in [0.5, 0.6) is 0 Å². The third-order valence-corrected chi connectivity index (χ3v) is 13.4. The van der Waals surface area contributed by atoms with Crippen LogP contribution in [0.1, 0.15) is 0 Å². The van der Waals surface area contributed by atoms with Crippen molar-refractivity contribution >= 4 is 86.8 Å². The molecule has 0 aliphatic rings. The van der Waals surface area contributed by atoms with E-state index in [1.807, 2.05) is 12.1 Å². The number of aromatic nitrogens is 4. The van der Waals surface area contributed by atoms with E-state index in [1.54, 1.807) is 0 Å². The molecule has 0 bridgehead atoms. The molecule has 306 valence electrons. The van der Waals surface area contributed by atoms with E-state index >= 15 is 0 Å². The predicted octanol–water partition coefficient (Wildman–Crippen LogP) is 16.1. The highest BCUT2D eigenvalue weighted by Crippen LogP contribution is 2.45. The maximum atomic E-state index is 6.55. The van der Waals surface area contributed by atoms with Gasteiger partial charge in [-0.2, -0.15) is 0 Å². The first kappa shape index (κ1) is 36.5. The topological polar surface area (TPSA) is 56.7 Å². The molecule has 0 saturated heterocycles. The summed E-state index contributed by atoms with van der Waals surface area (Å²) in [6, 6.07) is 77.7. The van der Waals surface area contributed by atoms with Gasteiger partial charge < -0.3 is 8.98 Å². The zero-order chi connectivity index (χ0) is 43.3. The molecule has 0 unspecified atom stereocenters. The Kier molecular flexibility index (Phi) is 7.91. The van der Waals surface area contributed by atoms with Crippen LogP contribution in [0.3, 0.4) is 0 Å². The molecule has 0 fully saturated rings. The van der Waals surface area contributed by atoms with Crippen LogP contribution in [0, 0.1) is 0 Å². The van der Waals surface area contributed by atoms with Crippen molar-refractivity contribution in [2.45, 2.75) is 0 Å². The average molecular weight is 841 g/mol. The molecule has 0 radical (unpaired) electrons. The minimum Gasteiger partial charge on any atom is -0.456 e. The Balaban J connectivity index is 1.07. The van der Waals surface area contributed by atoms with Gasteiger partial charge in [0.2, 0.25) is 0 Å². The van der Waals surface area contributed by atoms with Gasteiger partial charge in [-0.05, 0) is 109 Å². The van der Waals surface area contributed by atoms with Gasteiger partial charge in [-0.15, -0.1) is 0 Å². The summed E-state index contributed by atoms with van der Waals surface area (Å²) in [5.41, 5.74) is 9.82. The van der Waals surface area contributed by atoms with E-state index in [4.69, 9.17) is 19.4 Å². The van der Waals surface area contributed by atoms with Crippen LogP contribution in [0.2, 0.25) is 0 Å². The Morgan fingerprint density at radius 2 is 0.818 bits per heavy atom. The molecule has 0 amide bonds. The molecule has 5 heteroatoms. The highest BCUT2D eigenvalue weighted by molar-refractivity contribution is 6.24. The number of furan rings is 1. The zero-order valence-electron chi connectivity index (χ0n) is 35.5. The largest absolute Gasteiger partial charge is 0.456 e. The van der Waals surface area contributed by atoms with E-state index in [-0.39, 0.29) is 0 Å². The molecule has 3 heterocycles. The SMILES string of the molecule is c1ccc2cc(-c3nc(-c4ccc(-n5c6cc7ccccc7cc6c6c7ccccc7ccc65)c(-c5cccc6oc7ccccc7c56)c4)nc(-c4ccc5ccccc5c4)n3)ccc2c1. The van der Waals surface area contributed by atoms with Crippen LogP contribution < -0.4 is 0 Å². The van der Waals surface area contributed by atoms with Gasteiger partial charge in [0.25, 0.3) is 0 Å². The average Bonchev–Trinajstić information content (AvgIpc) is 3.93. The van der Waals surface area contributed by atoms with Gasteiger partial charge in [-0.1, -0.05) is 158 Å². The number of fused-ring (bicyclic) bond motifs is 11. The van der Waals surface area contributed by atoms with Gasteiger partial charge >= 0.3 is 0 Å². The minimum absolute atomic E-state index is 0.590. The third kappa shape index (κ3) is 5.70. The van der Waals surface area contributed by atoms with Crippen LogP contribution in [-0.4, -0.2) is 19.5 Å². The number of rotatable bonds is 5. The van der Waals surface area contributed by atoms with Gasteiger partial charge in [0.1, 0.15) is 11.2 Å². The van der Waals surface area contributed by atoms with Crippen molar-refractivity contribution in [1.29, 1.82) is 0 Å². The first-order valence-corrected chi connectivity index (χ1v) is 22.3. The van der Waals surface area contributed by atoms with E-state index in [2.05, 4.69) is 211 Å². The molecular weight excluding hydrogens is 805 g/mol. The molecule has 0 atom stereocenters. The zero-order valence-corrected chi connectivity index (χ0v) is 35.5. The first-order valence-electron chi connectivity index (χ1n) is 22.3. The molecule has 0 spiro atoms. The molecule has 11 aromatic carbocycles. The second kappa shape index (κ2) is 14.3. The third-order valence-electron chi connectivity index (χ3n) is 13.4. The van der Waals surface area contributed by atoms with Gasteiger partial charge in [-0.25, -0.2) is 15.0 Å². The van der Waals surface area contributed by atoms with E-state index in [9.17, 15) is 0 Å². The standard InChI is InChI=1S/C61H36N4O/c1-3-15-40-32-44(26-24-37(40)12-1)59-62-60(45-27-25-38-13-2-4-16-41(38)33-45)64-61(63-59)46-29-30-52(50(35-46)48-21-11-23-56-58(48)49-20-9-10-22-55(49)66-56)65-53-31-28-39-14-7-8-19-47(39)57(53)51-34-42-17-5-6-18-43(42)36-54(51)65/h1-36H. The number of hydrogen-bond donors (Lipinski definition) is 0. The van der Waals surface area contributed by atoms with E-state index in [0.29, 0.717) is 17.5 Å². The summed E-state index contributed by atoms with van der Waals surface area (Å²) in [6.45, 7) is 0. The Morgan fingerprint density at radius 1 is 0.303 bits per heavy atom. The molecule has 0 aliphatic heterocycles. The van der Waals surface area contributed by atoms with Gasteiger partial charge in [-0.3, -0.25) is 0 Å². The number of para-hydroxylation sites is 1. The Labute approximate surface area is 378 Å². The van der Waals surface area contributed by atoms with Crippen molar-refractivity contribution in [3.8, 4) is 51.0 Å². The molecular formula is C61H36N4O. The van der Waals surface area contributed by atoms with Crippen LogP contribution in [0.4, 0.5) is 0 Å². The fourth-order valence-electron chi connectivity index (χ4n) is 10.2. The normalized spacial score (nSPS) is 11.9. The van der Waals surface area contributed by atoms with Gasteiger partial charge in [0.15, 0.2) is 17.5 Å². The van der Waals surface area contributed by atoms with E-state index < -0.39 is 0 Å². The molecule has 5 nitrogen and oxygen atoms in total. The van der Waals surface area contributed by atoms with Crippen molar-refractivity contribution in [3.05, 3.63) is 218 Å². The predicted molar refractivity (Wildman–Crippen MR) is 273 cm³/mol. The van der Waals surface area contributed by atoms with Crippen molar-refractivity contribution in [2.75, 3.05) is 0 Å². The maximum Gasteiger partial charge on any atom is 0.164 e. The maximum absolute atomic E-state index is 6.55. The van der Waals surface area contributed by atoms with Crippen LogP contribution in [0.15, 0.2) is 223 Å². The van der Waals surface area contributed by atoms with Crippen molar-refractivity contribution in [2.24, 2.45) is 0 Å². The Hall–Kier alpha value is -8.93. The van der Waals surface area contributed by atoms with E-state index in [1.165, 1.54) is 32.3 Å². The monoisotopic (exact) mass is 840 g/mol. The lowest BCUT2D eigenvalue weighted by Crippen LogP contribution is -2.02. The smallest absolute Gasteiger partial charge is 0.164 e. The fraction of sp³-hybridized carbons (Fsp3) is 0. The highest BCUT2D eigenvalue weighted by atomic mass is 16.3. The Morgan fingerprint density at radius 3 is 1.50 bits per heavy atom. The summed E-state index contributed by atoms with van der Waals surface area (Å²) in [5, 5.41) is 14.0. The summed E-state index contributed by atoms with van der Waals surface area (Å²) in [7, 11) is 0. The van der Waals surface area contributed by atoms with Gasteiger partial charge in [0.05, 0.1) is 16.7 Å². The molecule has 0 N–H and O–H groups in total. The highest BCUT2D eigenvalue weighted by Gasteiger charge is 2.23.